The van der Waals surface area contributed by atoms with Gasteiger partial charge in [0, 0.05) is 50.1 Å². The van der Waals surface area contributed by atoms with E-state index in [-0.39, 0.29) is 40.9 Å². The van der Waals surface area contributed by atoms with Crippen LogP contribution in [0, 0.1) is 0 Å². The fourth-order valence-corrected chi connectivity index (χ4v) is 6.86. The van der Waals surface area contributed by atoms with Gasteiger partial charge in [0.1, 0.15) is 17.4 Å². The number of ether oxygens (including phenoxy) is 1. The molecule has 1 atom stereocenters. The molecule has 6 rings (SSSR count). The molecule has 2 aliphatic rings. The number of hydrogen-bond acceptors (Lipinski definition) is 6. The smallest absolute Gasteiger partial charge is 0.287 e. The van der Waals surface area contributed by atoms with Crippen LogP contribution in [0.15, 0.2) is 82.0 Å². The predicted molar refractivity (Wildman–Crippen MR) is 184 cm³/mol. The summed E-state index contributed by atoms with van der Waals surface area (Å²) < 4.78 is 11.3. The zero-order valence-corrected chi connectivity index (χ0v) is 27.8. The minimum atomic E-state index is -0.894. The third kappa shape index (κ3) is 7.73. The zero-order chi connectivity index (χ0) is 33.6. The monoisotopic (exact) mass is 669 g/mol. The van der Waals surface area contributed by atoms with Crippen molar-refractivity contribution in [2.75, 3.05) is 26.2 Å². The van der Waals surface area contributed by atoms with Gasteiger partial charge >= 0.3 is 0 Å². The molecule has 2 saturated heterocycles. The third-order valence-corrected chi connectivity index (χ3v) is 9.53. The highest BCUT2D eigenvalue weighted by atomic mass is 35.5. The summed E-state index contributed by atoms with van der Waals surface area (Å²) in [6, 6.07) is 20.6. The average molecular weight is 670 g/mol. The lowest BCUT2D eigenvalue weighted by Crippen LogP contribution is -2.51. The Kier molecular flexibility index (Phi) is 10.4. The molecule has 10 heteroatoms. The summed E-state index contributed by atoms with van der Waals surface area (Å²) in [6.07, 6.45) is 4.37. The summed E-state index contributed by atoms with van der Waals surface area (Å²) in [5, 5.41) is 3.74. The van der Waals surface area contributed by atoms with Crippen molar-refractivity contribution >= 4 is 40.3 Å². The summed E-state index contributed by atoms with van der Waals surface area (Å²) in [5.74, 6) is -0.0197. The molecule has 250 valence electrons. The Morgan fingerprint density at radius 1 is 0.979 bits per heavy atom. The highest BCUT2D eigenvalue weighted by Gasteiger charge is 2.32. The van der Waals surface area contributed by atoms with Crippen LogP contribution in [-0.2, 0) is 22.6 Å². The number of nitrogens with zero attached hydrogens (tertiary/aromatic N) is 2. The first-order valence-electron chi connectivity index (χ1n) is 16.7. The fourth-order valence-electron chi connectivity index (χ4n) is 6.73. The van der Waals surface area contributed by atoms with E-state index in [2.05, 4.69) is 17.4 Å². The summed E-state index contributed by atoms with van der Waals surface area (Å²) in [4.78, 5) is 56.8. The predicted octanol–water partition coefficient (Wildman–Crippen LogP) is 6.10. The van der Waals surface area contributed by atoms with E-state index in [1.54, 1.807) is 35.2 Å². The normalized spacial score (nSPS) is 16.2. The van der Waals surface area contributed by atoms with Gasteiger partial charge in [-0.1, -0.05) is 48.0 Å². The van der Waals surface area contributed by atoms with Crippen molar-refractivity contribution in [3.63, 3.8) is 0 Å². The van der Waals surface area contributed by atoms with Gasteiger partial charge in [-0.3, -0.25) is 19.2 Å². The number of benzene rings is 3. The maximum Gasteiger partial charge on any atom is 0.287 e. The fraction of sp³-hybridized carbons (Fsp3) is 0.368. The second kappa shape index (κ2) is 15.1. The van der Waals surface area contributed by atoms with Crippen LogP contribution in [0.5, 0.6) is 5.75 Å². The van der Waals surface area contributed by atoms with Crippen molar-refractivity contribution in [1.82, 2.24) is 15.1 Å². The van der Waals surface area contributed by atoms with E-state index in [0.29, 0.717) is 48.8 Å². The van der Waals surface area contributed by atoms with Crippen LogP contribution < -0.4 is 15.5 Å². The van der Waals surface area contributed by atoms with Gasteiger partial charge < -0.3 is 24.3 Å². The molecule has 0 aliphatic carbocycles. The molecular formula is C38H40ClN3O6. The van der Waals surface area contributed by atoms with Crippen molar-refractivity contribution < 1.29 is 23.5 Å². The number of carbonyl (C=O) groups is 3. The molecule has 48 heavy (non-hydrogen) atoms. The Balaban J connectivity index is 1.17. The van der Waals surface area contributed by atoms with E-state index in [0.717, 1.165) is 49.4 Å². The Morgan fingerprint density at radius 2 is 1.75 bits per heavy atom. The summed E-state index contributed by atoms with van der Waals surface area (Å²) in [6.45, 7) is 4.76. The molecule has 0 spiro atoms. The van der Waals surface area contributed by atoms with Crippen LogP contribution in [0.4, 0.5) is 0 Å². The maximum atomic E-state index is 14.1. The zero-order valence-electron chi connectivity index (χ0n) is 27.1. The molecule has 2 aliphatic heterocycles. The van der Waals surface area contributed by atoms with Crippen LogP contribution >= 0.6 is 11.6 Å². The highest BCUT2D eigenvalue weighted by Crippen LogP contribution is 2.32. The minimum absolute atomic E-state index is 0.173. The number of hydrogen-bond donors (Lipinski definition) is 1. The maximum absolute atomic E-state index is 14.1. The number of rotatable bonds is 10. The van der Waals surface area contributed by atoms with E-state index in [4.69, 9.17) is 20.8 Å². The van der Waals surface area contributed by atoms with Gasteiger partial charge in [0.2, 0.25) is 11.8 Å². The topological polar surface area (TPSA) is 109 Å². The SMILES string of the molecule is CCOc1ccc2oc(C(=O)N[C@H](Cc3ccc(Cl)cc3)C(=O)N3CCC(c4ccccc4CN4CCCCC4=O)CC3)cc(=O)c2c1. The number of carbonyl (C=O) groups excluding carboxylic acids is 3. The Bertz CT molecular complexity index is 1850. The number of likely N-dealkylation sites (tertiary alicyclic amines) is 2. The van der Waals surface area contributed by atoms with Crippen LogP contribution in [0.2, 0.25) is 5.02 Å². The third-order valence-electron chi connectivity index (χ3n) is 9.27. The molecule has 3 aromatic carbocycles. The molecule has 0 unspecified atom stereocenters. The molecule has 0 saturated carbocycles. The number of nitrogens with one attached hydrogen (secondary N) is 1. The molecule has 1 aromatic heterocycles. The summed E-state index contributed by atoms with van der Waals surface area (Å²) >= 11 is 6.11. The molecule has 0 radical (unpaired) electrons. The summed E-state index contributed by atoms with van der Waals surface area (Å²) in [7, 11) is 0. The number of halogens is 1. The van der Waals surface area contributed by atoms with E-state index in [9.17, 15) is 19.2 Å². The lowest BCUT2D eigenvalue weighted by atomic mass is 9.86. The number of fused-ring (bicyclic) bond motifs is 1. The number of amides is 3. The molecule has 0 bridgehead atoms. The summed E-state index contributed by atoms with van der Waals surface area (Å²) in [5.41, 5.74) is 3.10. The Hall–Kier alpha value is -4.63. The van der Waals surface area contributed by atoms with Crippen LogP contribution in [0.3, 0.4) is 0 Å². The van der Waals surface area contributed by atoms with Gasteiger partial charge in [0.25, 0.3) is 5.91 Å². The average Bonchev–Trinajstić information content (AvgIpc) is 3.10. The molecule has 3 heterocycles. The first-order valence-corrected chi connectivity index (χ1v) is 17.1. The lowest BCUT2D eigenvalue weighted by Gasteiger charge is -2.36. The van der Waals surface area contributed by atoms with Gasteiger partial charge in [-0.25, -0.2) is 0 Å². The minimum Gasteiger partial charge on any atom is -0.494 e. The Morgan fingerprint density at radius 3 is 2.50 bits per heavy atom. The lowest BCUT2D eigenvalue weighted by molar-refractivity contribution is -0.135. The van der Waals surface area contributed by atoms with Gasteiger partial charge in [0.15, 0.2) is 11.2 Å². The van der Waals surface area contributed by atoms with Crippen molar-refractivity contribution in [2.45, 2.75) is 64.0 Å². The molecule has 1 N–H and O–H groups in total. The second-order valence-electron chi connectivity index (χ2n) is 12.5. The number of piperidine rings is 2. The van der Waals surface area contributed by atoms with Crippen LogP contribution in [0.1, 0.15) is 72.2 Å². The highest BCUT2D eigenvalue weighted by molar-refractivity contribution is 6.30. The Labute approximate surface area is 284 Å². The van der Waals surface area contributed by atoms with E-state index in [1.807, 2.05) is 36.1 Å². The van der Waals surface area contributed by atoms with E-state index < -0.39 is 11.9 Å². The van der Waals surface area contributed by atoms with Crippen molar-refractivity contribution in [3.8, 4) is 5.75 Å². The van der Waals surface area contributed by atoms with Gasteiger partial charge in [0.05, 0.1) is 12.0 Å². The van der Waals surface area contributed by atoms with Crippen molar-refractivity contribution in [1.29, 1.82) is 0 Å². The van der Waals surface area contributed by atoms with Crippen molar-refractivity contribution in [2.24, 2.45) is 0 Å². The molecule has 2 fully saturated rings. The van der Waals surface area contributed by atoms with Gasteiger partial charge in [-0.05, 0) is 85.5 Å². The van der Waals surface area contributed by atoms with Gasteiger partial charge in [-0.2, -0.15) is 0 Å². The van der Waals surface area contributed by atoms with Crippen molar-refractivity contribution in [3.05, 3.63) is 110 Å². The molecule has 9 nitrogen and oxygen atoms in total. The van der Waals surface area contributed by atoms with E-state index in [1.165, 1.54) is 5.56 Å². The molecular weight excluding hydrogens is 630 g/mol. The quantitative estimate of drug-likeness (QED) is 0.218. The van der Waals surface area contributed by atoms with Gasteiger partial charge in [-0.15, -0.1) is 0 Å². The molecule has 3 amide bonds. The largest absolute Gasteiger partial charge is 0.494 e. The molecule has 4 aromatic rings. The second-order valence-corrected chi connectivity index (χ2v) is 12.9. The van der Waals surface area contributed by atoms with Crippen LogP contribution in [-0.4, -0.2) is 59.8 Å². The first-order chi connectivity index (χ1) is 23.3. The first kappa shape index (κ1) is 33.3. The standard InChI is InChI=1S/C38H40ClN3O6/c1-2-47-29-14-15-34-31(22-29)33(43)23-35(48-34)37(45)40-32(21-25-10-12-28(39)13-11-25)38(46)41-19-16-26(17-20-41)30-8-4-3-7-27(30)24-42-18-6-5-9-36(42)44/h3-4,7-8,10-15,22-23,26,32H,2,5-6,9,16-21,24H2,1H3,(H,40,45)/t32-/m1/s1. The van der Waals surface area contributed by atoms with E-state index >= 15 is 0 Å². The van der Waals surface area contributed by atoms with Crippen LogP contribution in [0.25, 0.3) is 11.0 Å².